The van der Waals surface area contributed by atoms with E-state index in [4.69, 9.17) is 37.9 Å². The standard InChI is InChI=1S/C20H18Cl2N2O2/c1-3-17-18(19(25)26-4-2)24-20(23-17,13-9-11-14(21)12-10-13)15-7-5-6-8-16(15)22/h5-12H,3-4H2,1-2H3. The number of carbonyl (C=O) groups is 1. The van der Waals surface area contributed by atoms with Crippen LogP contribution in [0.25, 0.3) is 0 Å². The Morgan fingerprint density at radius 3 is 2.35 bits per heavy atom. The highest BCUT2D eigenvalue weighted by Crippen LogP contribution is 2.42. The van der Waals surface area contributed by atoms with Crippen LogP contribution < -0.4 is 0 Å². The molecule has 0 bridgehead atoms. The second-order valence-electron chi connectivity index (χ2n) is 5.75. The Bertz CT molecular complexity index is 891. The van der Waals surface area contributed by atoms with Gasteiger partial charge in [-0.3, -0.25) is 0 Å². The van der Waals surface area contributed by atoms with E-state index in [1.54, 1.807) is 25.1 Å². The molecular formula is C20H18Cl2N2O2. The minimum atomic E-state index is -1.13. The summed E-state index contributed by atoms with van der Waals surface area (Å²) in [6, 6.07) is 14.6. The number of rotatable bonds is 5. The van der Waals surface area contributed by atoms with Crippen molar-refractivity contribution < 1.29 is 9.53 Å². The van der Waals surface area contributed by atoms with Crippen LogP contribution in [0.2, 0.25) is 10.0 Å². The Labute approximate surface area is 162 Å². The van der Waals surface area contributed by atoms with Gasteiger partial charge in [-0.1, -0.05) is 60.5 Å². The third-order valence-corrected chi connectivity index (χ3v) is 4.73. The van der Waals surface area contributed by atoms with E-state index in [1.807, 2.05) is 37.3 Å². The van der Waals surface area contributed by atoms with Gasteiger partial charge in [0, 0.05) is 21.2 Å². The van der Waals surface area contributed by atoms with Crippen molar-refractivity contribution in [3.8, 4) is 0 Å². The minimum absolute atomic E-state index is 0.240. The highest BCUT2D eigenvalue weighted by Gasteiger charge is 2.42. The Balaban J connectivity index is 2.26. The summed E-state index contributed by atoms with van der Waals surface area (Å²) in [5.74, 6) is -0.476. The van der Waals surface area contributed by atoms with Crippen molar-refractivity contribution in [2.45, 2.75) is 25.9 Å². The molecule has 2 aromatic rings. The van der Waals surface area contributed by atoms with Crippen molar-refractivity contribution in [2.75, 3.05) is 6.61 Å². The van der Waals surface area contributed by atoms with Crippen LogP contribution in [-0.4, -0.2) is 24.0 Å². The van der Waals surface area contributed by atoms with Gasteiger partial charge in [0.15, 0.2) is 5.71 Å². The Hall–Kier alpha value is -2.17. The summed E-state index contributed by atoms with van der Waals surface area (Å²) in [5.41, 5.74) is 1.19. The van der Waals surface area contributed by atoms with Gasteiger partial charge in [0.1, 0.15) is 0 Å². The monoisotopic (exact) mass is 388 g/mol. The van der Waals surface area contributed by atoms with E-state index in [0.717, 1.165) is 5.56 Å². The van der Waals surface area contributed by atoms with Crippen molar-refractivity contribution in [1.82, 2.24) is 0 Å². The molecular weight excluding hydrogens is 371 g/mol. The highest BCUT2D eigenvalue weighted by atomic mass is 35.5. The van der Waals surface area contributed by atoms with E-state index < -0.39 is 11.6 Å². The summed E-state index contributed by atoms with van der Waals surface area (Å²) in [5, 5.41) is 1.13. The molecule has 0 aromatic heterocycles. The molecule has 2 aromatic carbocycles. The summed E-state index contributed by atoms with van der Waals surface area (Å²) in [6.07, 6.45) is 0.553. The van der Waals surface area contributed by atoms with E-state index >= 15 is 0 Å². The zero-order valence-corrected chi connectivity index (χ0v) is 16.0. The largest absolute Gasteiger partial charge is 0.461 e. The first-order chi connectivity index (χ1) is 12.5. The van der Waals surface area contributed by atoms with E-state index in [9.17, 15) is 4.79 Å². The maximum absolute atomic E-state index is 12.4. The molecule has 0 spiro atoms. The number of benzene rings is 2. The first-order valence-corrected chi connectivity index (χ1v) is 9.14. The molecule has 1 aliphatic rings. The minimum Gasteiger partial charge on any atom is -0.461 e. The number of ether oxygens (including phenoxy) is 1. The first kappa shape index (κ1) is 18.6. The molecule has 0 aliphatic carbocycles. The lowest BCUT2D eigenvalue weighted by molar-refractivity contribution is -0.134. The van der Waals surface area contributed by atoms with Gasteiger partial charge in [-0.15, -0.1) is 0 Å². The van der Waals surface area contributed by atoms with E-state index in [-0.39, 0.29) is 12.3 Å². The predicted octanol–water partition coefficient (Wildman–Crippen LogP) is 5.06. The van der Waals surface area contributed by atoms with Crippen LogP contribution in [0.5, 0.6) is 0 Å². The summed E-state index contributed by atoms with van der Waals surface area (Å²) < 4.78 is 5.17. The van der Waals surface area contributed by atoms with E-state index in [2.05, 4.69) is 0 Å². The maximum atomic E-state index is 12.4. The fraction of sp³-hybridized carbons (Fsp3) is 0.250. The van der Waals surface area contributed by atoms with Gasteiger partial charge in [-0.25, -0.2) is 14.8 Å². The molecule has 1 aliphatic heterocycles. The third-order valence-electron chi connectivity index (χ3n) is 4.14. The van der Waals surface area contributed by atoms with Gasteiger partial charge < -0.3 is 4.74 Å². The average molecular weight is 389 g/mol. The highest BCUT2D eigenvalue weighted by molar-refractivity contribution is 6.66. The zero-order chi connectivity index (χ0) is 18.7. The second-order valence-corrected chi connectivity index (χ2v) is 6.60. The van der Waals surface area contributed by atoms with Crippen molar-refractivity contribution in [3.63, 3.8) is 0 Å². The van der Waals surface area contributed by atoms with Gasteiger partial charge in [-0.2, -0.15) is 0 Å². The molecule has 0 radical (unpaired) electrons. The number of halogens is 2. The van der Waals surface area contributed by atoms with E-state index in [1.165, 1.54) is 0 Å². The molecule has 3 rings (SSSR count). The molecule has 0 saturated carbocycles. The lowest BCUT2D eigenvalue weighted by Gasteiger charge is -2.25. The molecule has 0 N–H and O–H groups in total. The van der Waals surface area contributed by atoms with Crippen LogP contribution in [0.4, 0.5) is 0 Å². The Kier molecular flexibility index (Phi) is 5.44. The molecule has 6 heteroatoms. The number of carbonyl (C=O) groups excluding carboxylic acids is 1. The number of nitrogens with zero attached hydrogens (tertiary/aromatic N) is 2. The van der Waals surface area contributed by atoms with Gasteiger partial charge in [0.25, 0.3) is 0 Å². The van der Waals surface area contributed by atoms with Gasteiger partial charge in [0.05, 0.1) is 12.3 Å². The first-order valence-electron chi connectivity index (χ1n) is 8.39. The topological polar surface area (TPSA) is 51.0 Å². The quantitative estimate of drug-likeness (QED) is 0.671. The summed E-state index contributed by atoms with van der Waals surface area (Å²) in [4.78, 5) is 22.0. The van der Waals surface area contributed by atoms with Crippen LogP contribution >= 0.6 is 23.2 Å². The van der Waals surface area contributed by atoms with Gasteiger partial charge in [-0.05, 0) is 31.5 Å². The summed E-state index contributed by atoms with van der Waals surface area (Å²) >= 11 is 12.5. The molecule has 1 atom stereocenters. The third kappa shape index (κ3) is 3.27. The van der Waals surface area contributed by atoms with Crippen molar-refractivity contribution in [3.05, 3.63) is 69.7 Å². The van der Waals surface area contributed by atoms with Crippen molar-refractivity contribution in [2.24, 2.45) is 9.98 Å². The smallest absolute Gasteiger partial charge is 0.358 e. The normalized spacial score (nSPS) is 19.1. The fourth-order valence-electron chi connectivity index (χ4n) is 2.94. The van der Waals surface area contributed by atoms with Crippen molar-refractivity contribution in [1.29, 1.82) is 0 Å². The average Bonchev–Trinajstić information content (AvgIpc) is 3.04. The molecule has 4 nitrogen and oxygen atoms in total. The van der Waals surface area contributed by atoms with Crippen LogP contribution in [0, 0.1) is 0 Å². The number of esters is 1. The number of hydrogen-bond acceptors (Lipinski definition) is 4. The second kappa shape index (κ2) is 7.60. The molecule has 1 heterocycles. The van der Waals surface area contributed by atoms with E-state index in [0.29, 0.717) is 27.7 Å². The van der Waals surface area contributed by atoms with Crippen LogP contribution in [0.15, 0.2) is 58.5 Å². The van der Waals surface area contributed by atoms with Crippen molar-refractivity contribution >= 4 is 40.6 Å². The molecule has 0 amide bonds. The molecule has 0 fully saturated rings. The Morgan fingerprint density at radius 2 is 1.73 bits per heavy atom. The number of hydrogen-bond donors (Lipinski definition) is 0. The van der Waals surface area contributed by atoms with Crippen LogP contribution in [0.1, 0.15) is 31.4 Å². The summed E-state index contributed by atoms with van der Waals surface area (Å²) in [6.45, 7) is 3.96. The van der Waals surface area contributed by atoms with Crippen LogP contribution in [-0.2, 0) is 15.2 Å². The predicted molar refractivity (Wildman–Crippen MR) is 105 cm³/mol. The zero-order valence-electron chi connectivity index (χ0n) is 14.5. The lowest BCUT2D eigenvalue weighted by atomic mass is 9.92. The summed E-state index contributed by atoms with van der Waals surface area (Å²) in [7, 11) is 0. The molecule has 26 heavy (non-hydrogen) atoms. The lowest BCUT2D eigenvalue weighted by Crippen LogP contribution is -2.24. The number of aliphatic imine (C=N–C) groups is 2. The Morgan fingerprint density at radius 1 is 1.04 bits per heavy atom. The maximum Gasteiger partial charge on any atom is 0.358 e. The van der Waals surface area contributed by atoms with Gasteiger partial charge >= 0.3 is 5.97 Å². The fourth-order valence-corrected chi connectivity index (χ4v) is 3.33. The molecule has 0 saturated heterocycles. The van der Waals surface area contributed by atoms with Gasteiger partial charge in [0.2, 0.25) is 5.66 Å². The SMILES string of the molecule is CCOC(=O)C1=NC(c2ccc(Cl)cc2)(c2ccccc2Cl)N=C1CC. The molecule has 1 unspecified atom stereocenters. The van der Waals surface area contributed by atoms with Crippen LogP contribution in [0.3, 0.4) is 0 Å². The molecule has 134 valence electrons.